The van der Waals surface area contributed by atoms with E-state index in [4.69, 9.17) is 5.73 Å². The van der Waals surface area contributed by atoms with Crippen LogP contribution in [0.1, 0.15) is 18.7 Å². The smallest absolute Gasteiger partial charge is 0.180 e. The van der Waals surface area contributed by atoms with Gasteiger partial charge in [-0.1, -0.05) is 18.2 Å². The van der Waals surface area contributed by atoms with Gasteiger partial charge in [-0.3, -0.25) is 0 Å². The van der Waals surface area contributed by atoms with E-state index in [2.05, 4.69) is 25.4 Å². The number of nitrogen functional groups attached to an aromatic ring is 1. The van der Waals surface area contributed by atoms with Crippen LogP contribution in [0.5, 0.6) is 0 Å². The highest BCUT2D eigenvalue weighted by Crippen LogP contribution is 2.26. The van der Waals surface area contributed by atoms with E-state index >= 15 is 0 Å². The summed E-state index contributed by atoms with van der Waals surface area (Å²) in [6.45, 7) is 2.02. The number of nitrogens with two attached hydrogens (primary N) is 1. The van der Waals surface area contributed by atoms with Crippen LogP contribution in [0.4, 0.5) is 10.9 Å². The van der Waals surface area contributed by atoms with Crippen molar-refractivity contribution in [1.29, 1.82) is 0 Å². The summed E-state index contributed by atoms with van der Waals surface area (Å²) in [5.74, 6) is 0.723. The van der Waals surface area contributed by atoms with Crippen LogP contribution in [0.3, 0.4) is 0 Å². The van der Waals surface area contributed by atoms with Gasteiger partial charge >= 0.3 is 0 Å². The van der Waals surface area contributed by atoms with Crippen molar-refractivity contribution in [3.8, 4) is 5.69 Å². The molecule has 0 amide bonds. The van der Waals surface area contributed by atoms with Gasteiger partial charge in [0, 0.05) is 5.38 Å². The molecule has 1 aromatic carbocycles. The Morgan fingerprint density at radius 2 is 2.04 bits per heavy atom. The molecule has 1 atom stereocenters. The van der Waals surface area contributed by atoms with Gasteiger partial charge in [-0.05, 0) is 19.1 Å². The molecule has 3 heterocycles. The molecule has 0 aliphatic rings. The molecule has 0 aliphatic heterocycles. The molecule has 0 fully saturated rings. The molecule has 0 bridgehead atoms. The van der Waals surface area contributed by atoms with Gasteiger partial charge in [-0.15, -0.1) is 11.3 Å². The first-order valence-corrected chi connectivity index (χ1v) is 8.32. The van der Waals surface area contributed by atoms with E-state index < -0.39 is 0 Å². The minimum atomic E-state index is -0.0169. The lowest BCUT2D eigenvalue weighted by Gasteiger charge is -2.12. The van der Waals surface area contributed by atoms with Crippen molar-refractivity contribution in [3.63, 3.8) is 0 Å². The van der Waals surface area contributed by atoms with Crippen LogP contribution in [0.2, 0.25) is 0 Å². The van der Waals surface area contributed by atoms with Crippen LogP contribution in [0.15, 0.2) is 48.2 Å². The summed E-state index contributed by atoms with van der Waals surface area (Å²) in [5.41, 5.74) is 8.31. The van der Waals surface area contributed by atoms with Gasteiger partial charge in [0.15, 0.2) is 10.8 Å². The summed E-state index contributed by atoms with van der Waals surface area (Å²) >= 11 is 1.43. The van der Waals surface area contributed by atoms with Gasteiger partial charge in [-0.2, -0.15) is 5.10 Å². The third-order valence-electron chi connectivity index (χ3n) is 3.70. The number of fused-ring (bicyclic) bond motifs is 1. The molecule has 1 unspecified atom stereocenters. The molecule has 3 N–H and O–H groups in total. The second kappa shape index (κ2) is 5.89. The molecule has 3 aromatic heterocycles. The van der Waals surface area contributed by atoms with E-state index in [1.165, 1.54) is 17.7 Å². The maximum Gasteiger partial charge on any atom is 0.180 e. The summed E-state index contributed by atoms with van der Waals surface area (Å²) in [4.78, 5) is 13.0. The molecular formula is C16H15N7S. The average Bonchev–Trinajstić information content (AvgIpc) is 3.22. The third-order valence-corrected chi connectivity index (χ3v) is 4.40. The predicted octanol–water partition coefficient (Wildman–Crippen LogP) is 3.03. The Hall–Kier alpha value is -3.00. The highest BCUT2D eigenvalue weighted by Gasteiger charge is 2.15. The Bertz CT molecular complexity index is 976. The number of benzene rings is 1. The number of para-hydroxylation sites is 1. The zero-order valence-electron chi connectivity index (χ0n) is 12.9. The fraction of sp³-hybridized carbons (Fsp3) is 0.125. The van der Waals surface area contributed by atoms with Crippen LogP contribution in [0, 0.1) is 0 Å². The molecule has 4 rings (SSSR count). The fourth-order valence-electron chi connectivity index (χ4n) is 2.50. The molecule has 0 saturated carbocycles. The zero-order valence-corrected chi connectivity index (χ0v) is 13.7. The Balaban J connectivity index is 1.71. The maximum absolute atomic E-state index is 5.71. The first-order valence-electron chi connectivity index (χ1n) is 7.44. The fourth-order valence-corrected chi connectivity index (χ4v) is 3.15. The minimum absolute atomic E-state index is 0.0169. The molecule has 0 spiro atoms. The zero-order chi connectivity index (χ0) is 16.5. The van der Waals surface area contributed by atoms with E-state index in [0.29, 0.717) is 5.13 Å². The normalized spacial score (nSPS) is 12.4. The first-order chi connectivity index (χ1) is 11.7. The number of thiazole rings is 1. The Morgan fingerprint density at radius 3 is 2.79 bits per heavy atom. The molecule has 0 aliphatic carbocycles. The first kappa shape index (κ1) is 14.6. The third kappa shape index (κ3) is 2.56. The Labute approximate surface area is 142 Å². The van der Waals surface area contributed by atoms with Crippen LogP contribution < -0.4 is 11.1 Å². The number of nitrogens with zero attached hydrogens (tertiary/aromatic N) is 5. The Kier molecular flexibility index (Phi) is 3.58. The lowest BCUT2D eigenvalue weighted by atomic mass is 10.2. The average molecular weight is 337 g/mol. The van der Waals surface area contributed by atoms with Crippen molar-refractivity contribution in [1.82, 2.24) is 24.7 Å². The minimum Gasteiger partial charge on any atom is -0.375 e. The number of nitrogens with one attached hydrogen (secondary N) is 1. The summed E-state index contributed by atoms with van der Waals surface area (Å²) in [5, 5.41) is 11.2. The van der Waals surface area contributed by atoms with Crippen molar-refractivity contribution >= 4 is 33.3 Å². The maximum atomic E-state index is 5.71. The summed E-state index contributed by atoms with van der Waals surface area (Å²) in [6.07, 6.45) is 3.31. The quantitative estimate of drug-likeness (QED) is 0.594. The van der Waals surface area contributed by atoms with Crippen LogP contribution in [-0.4, -0.2) is 24.7 Å². The summed E-state index contributed by atoms with van der Waals surface area (Å²) < 4.78 is 1.80. The monoisotopic (exact) mass is 337 g/mol. The molecule has 7 nitrogen and oxygen atoms in total. The lowest BCUT2D eigenvalue weighted by Crippen LogP contribution is -2.09. The molecule has 0 saturated heterocycles. The van der Waals surface area contributed by atoms with Crippen molar-refractivity contribution in [3.05, 3.63) is 53.9 Å². The SMILES string of the molecule is CC(Nc1ncnc2c1cnn2-c1ccccc1)c1csc(N)n1. The van der Waals surface area contributed by atoms with Crippen molar-refractivity contribution in [2.75, 3.05) is 11.1 Å². The highest BCUT2D eigenvalue weighted by atomic mass is 32.1. The van der Waals surface area contributed by atoms with E-state index in [1.54, 1.807) is 10.9 Å². The molecule has 0 radical (unpaired) electrons. The summed E-state index contributed by atoms with van der Waals surface area (Å²) in [6, 6.07) is 9.87. The van der Waals surface area contributed by atoms with Crippen molar-refractivity contribution in [2.45, 2.75) is 13.0 Å². The van der Waals surface area contributed by atoms with Crippen LogP contribution in [-0.2, 0) is 0 Å². The van der Waals surface area contributed by atoms with Gasteiger partial charge in [0.1, 0.15) is 12.1 Å². The van der Waals surface area contributed by atoms with Crippen molar-refractivity contribution < 1.29 is 0 Å². The van der Waals surface area contributed by atoms with E-state index in [9.17, 15) is 0 Å². The van der Waals surface area contributed by atoms with Gasteiger partial charge in [-0.25, -0.2) is 19.6 Å². The molecule has 4 aromatic rings. The molecule has 24 heavy (non-hydrogen) atoms. The van der Waals surface area contributed by atoms with Crippen molar-refractivity contribution in [2.24, 2.45) is 0 Å². The van der Waals surface area contributed by atoms with Crippen LogP contribution >= 0.6 is 11.3 Å². The van der Waals surface area contributed by atoms with E-state index in [-0.39, 0.29) is 6.04 Å². The standard InChI is InChI=1S/C16H15N7S/c1-10(13-8-24-16(17)22-13)21-14-12-7-20-23(15(12)19-9-18-14)11-5-3-2-4-6-11/h2-10H,1H3,(H2,17,22)(H,18,19,21). The van der Waals surface area contributed by atoms with E-state index in [0.717, 1.165) is 28.2 Å². The molecular weight excluding hydrogens is 322 g/mol. The largest absolute Gasteiger partial charge is 0.375 e. The Morgan fingerprint density at radius 1 is 1.21 bits per heavy atom. The summed E-state index contributed by atoms with van der Waals surface area (Å²) in [7, 11) is 0. The second-order valence-electron chi connectivity index (χ2n) is 5.33. The predicted molar refractivity (Wildman–Crippen MR) is 95.2 cm³/mol. The number of hydrogen-bond acceptors (Lipinski definition) is 7. The van der Waals surface area contributed by atoms with Gasteiger partial charge in [0.2, 0.25) is 0 Å². The number of rotatable bonds is 4. The van der Waals surface area contributed by atoms with Crippen LogP contribution in [0.25, 0.3) is 16.7 Å². The van der Waals surface area contributed by atoms with Gasteiger partial charge in [0.25, 0.3) is 0 Å². The number of anilines is 2. The number of aromatic nitrogens is 5. The highest BCUT2D eigenvalue weighted by molar-refractivity contribution is 7.13. The van der Waals surface area contributed by atoms with Gasteiger partial charge < -0.3 is 11.1 Å². The van der Waals surface area contributed by atoms with E-state index in [1.807, 2.05) is 42.6 Å². The topological polar surface area (TPSA) is 94.5 Å². The molecule has 8 heteroatoms. The molecule has 120 valence electrons. The number of hydrogen-bond donors (Lipinski definition) is 2. The lowest BCUT2D eigenvalue weighted by molar-refractivity contribution is 0.844. The van der Waals surface area contributed by atoms with Gasteiger partial charge in [0.05, 0.1) is 29.0 Å². The second-order valence-corrected chi connectivity index (χ2v) is 6.22.